The summed E-state index contributed by atoms with van der Waals surface area (Å²) in [4.78, 5) is 13.8. The first kappa shape index (κ1) is 19.4. The largest absolute Gasteiger partial charge is 0.490 e. The zero-order valence-corrected chi connectivity index (χ0v) is 16.9. The smallest absolute Gasteiger partial charge is 0.279 e. The lowest BCUT2D eigenvalue weighted by Crippen LogP contribution is -3.12. The molecule has 7 heteroatoms. The van der Waals surface area contributed by atoms with Crippen LogP contribution in [0.25, 0.3) is 0 Å². The maximum Gasteiger partial charge on any atom is 0.279 e. The first-order valence-electron chi connectivity index (χ1n) is 10.1. The van der Waals surface area contributed by atoms with Crippen LogP contribution < -0.4 is 29.2 Å². The Hall–Kier alpha value is -2.93. The summed E-state index contributed by atoms with van der Waals surface area (Å²) < 4.78 is 22.2. The molecule has 0 spiro atoms. The van der Waals surface area contributed by atoms with Crippen molar-refractivity contribution < 1.29 is 28.6 Å². The molecular formula is C22H27N2O5+. The van der Waals surface area contributed by atoms with Crippen LogP contribution in [0, 0.1) is 0 Å². The molecule has 4 rings (SSSR count). The SMILES string of the molecule is CCOc1cc2c(cc1OCC)C[NH+](CC(=O)Nc1ccc3c(c1)OCO3)CC2. The van der Waals surface area contributed by atoms with Crippen molar-refractivity contribution in [3.05, 3.63) is 41.5 Å². The third-order valence-electron chi connectivity index (χ3n) is 5.12. The Labute approximate surface area is 170 Å². The molecule has 0 aliphatic carbocycles. The maximum absolute atomic E-state index is 12.6. The fourth-order valence-electron chi connectivity index (χ4n) is 3.80. The number of ether oxygens (including phenoxy) is 4. The van der Waals surface area contributed by atoms with E-state index in [1.165, 1.54) is 16.0 Å². The summed E-state index contributed by atoms with van der Waals surface area (Å²) in [5.74, 6) is 2.93. The minimum atomic E-state index is -0.0155. The molecule has 154 valence electrons. The molecular weight excluding hydrogens is 372 g/mol. The molecule has 2 N–H and O–H groups in total. The van der Waals surface area contributed by atoms with Gasteiger partial charge in [0.1, 0.15) is 6.54 Å². The first-order chi connectivity index (χ1) is 14.2. The summed E-state index contributed by atoms with van der Waals surface area (Å²) in [6.45, 7) is 7.46. The van der Waals surface area contributed by atoms with E-state index in [4.69, 9.17) is 18.9 Å². The average molecular weight is 399 g/mol. The second-order valence-corrected chi connectivity index (χ2v) is 7.15. The molecule has 29 heavy (non-hydrogen) atoms. The molecule has 1 unspecified atom stereocenters. The fraction of sp³-hybridized carbons (Fsp3) is 0.409. The molecule has 2 aromatic rings. The van der Waals surface area contributed by atoms with Gasteiger partial charge in [0, 0.05) is 23.7 Å². The number of benzene rings is 2. The van der Waals surface area contributed by atoms with Gasteiger partial charge in [-0.2, -0.15) is 0 Å². The van der Waals surface area contributed by atoms with Gasteiger partial charge in [-0.05, 0) is 43.7 Å². The minimum absolute atomic E-state index is 0.0155. The van der Waals surface area contributed by atoms with Crippen molar-refractivity contribution in [3.8, 4) is 23.0 Å². The highest BCUT2D eigenvalue weighted by molar-refractivity contribution is 5.91. The number of hydrogen-bond acceptors (Lipinski definition) is 5. The number of carbonyl (C=O) groups excluding carboxylic acids is 1. The number of quaternary nitrogens is 1. The van der Waals surface area contributed by atoms with E-state index in [1.807, 2.05) is 26.0 Å². The molecule has 2 heterocycles. The maximum atomic E-state index is 12.6. The lowest BCUT2D eigenvalue weighted by atomic mass is 9.98. The third-order valence-corrected chi connectivity index (χ3v) is 5.12. The van der Waals surface area contributed by atoms with Crippen LogP contribution in [0.1, 0.15) is 25.0 Å². The summed E-state index contributed by atoms with van der Waals surface area (Å²) in [6, 6.07) is 9.60. The van der Waals surface area contributed by atoms with Crippen molar-refractivity contribution in [2.45, 2.75) is 26.8 Å². The summed E-state index contributed by atoms with van der Waals surface area (Å²) in [5.41, 5.74) is 3.21. The van der Waals surface area contributed by atoms with Crippen LogP contribution in [0.4, 0.5) is 5.69 Å². The van der Waals surface area contributed by atoms with Gasteiger partial charge in [-0.3, -0.25) is 4.79 Å². The van der Waals surface area contributed by atoms with E-state index in [9.17, 15) is 4.79 Å². The molecule has 2 aliphatic rings. The zero-order valence-electron chi connectivity index (χ0n) is 16.9. The number of anilines is 1. The van der Waals surface area contributed by atoms with Gasteiger partial charge in [0.15, 0.2) is 29.5 Å². The van der Waals surface area contributed by atoms with Gasteiger partial charge in [0.25, 0.3) is 5.91 Å². The van der Waals surface area contributed by atoms with Crippen LogP contribution in [-0.2, 0) is 17.8 Å². The number of hydrogen-bond donors (Lipinski definition) is 2. The highest BCUT2D eigenvalue weighted by Gasteiger charge is 2.24. The minimum Gasteiger partial charge on any atom is -0.490 e. The number of rotatable bonds is 7. The molecule has 0 bridgehead atoms. The number of nitrogens with one attached hydrogen (secondary N) is 2. The Morgan fingerprint density at radius 2 is 1.76 bits per heavy atom. The molecule has 0 fully saturated rings. The van der Waals surface area contributed by atoms with E-state index in [0.717, 1.165) is 36.7 Å². The van der Waals surface area contributed by atoms with Crippen LogP contribution >= 0.6 is 0 Å². The molecule has 0 radical (unpaired) electrons. The van der Waals surface area contributed by atoms with Crippen LogP contribution in [0.2, 0.25) is 0 Å². The second-order valence-electron chi connectivity index (χ2n) is 7.15. The molecule has 7 nitrogen and oxygen atoms in total. The lowest BCUT2D eigenvalue weighted by molar-refractivity contribution is -0.907. The van der Waals surface area contributed by atoms with Crippen molar-refractivity contribution >= 4 is 11.6 Å². The van der Waals surface area contributed by atoms with Crippen molar-refractivity contribution in [1.29, 1.82) is 0 Å². The molecule has 1 amide bonds. The molecule has 2 aliphatic heterocycles. The van der Waals surface area contributed by atoms with Crippen LogP contribution in [0.15, 0.2) is 30.3 Å². The molecule has 0 saturated heterocycles. The number of carbonyl (C=O) groups is 1. The van der Waals surface area contributed by atoms with Gasteiger partial charge in [0.2, 0.25) is 6.79 Å². The normalized spacial score (nSPS) is 16.8. The molecule has 2 aromatic carbocycles. The Morgan fingerprint density at radius 1 is 1.03 bits per heavy atom. The van der Waals surface area contributed by atoms with Gasteiger partial charge in [0.05, 0.1) is 19.8 Å². The van der Waals surface area contributed by atoms with E-state index in [-0.39, 0.29) is 12.7 Å². The Morgan fingerprint density at radius 3 is 2.52 bits per heavy atom. The highest BCUT2D eigenvalue weighted by Crippen LogP contribution is 2.34. The molecule has 0 aromatic heterocycles. The molecule has 0 saturated carbocycles. The summed E-state index contributed by atoms with van der Waals surface area (Å²) >= 11 is 0. The first-order valence-corrected chi connectivity index (χ1v) is 10.1. The third kappa shape index (κ3) is 4.40. The van der Waals surface area contributed by atoms with E-state index in [2.05, 4.69) is 17.4 Å². The van der Waals surface area contributed by atoms with Gasteiger partial charge in [-0.15, -0.1) is 0 Å². The lowest BCUT2D eigenvalue weighted by Gasteiger charge is -2.26. The van der Waals surface area contributed by atoms with Crippen molar-refractivity contribution in [2.24, 2.45) is 0 Å². The van der Waals surface area contributed by atoms with Crippen LogP contribution in [0.3, 0.4) is 0 Å². The summed E-state index contributed by atoms with van der Waals surface area (Å²) in [6.07, 6.45) is 0.911. The van der Waals surface area contributed by atoms with Gasteiger partial charge in [-0.1, -0.05) is 0 Å². The van der Waals surface area contributed by atoms with E-state index < -0.39 is 0 Å². The van der Waals surface area contributed by atoms with Crippen LogP contribution in [0.5, 0.6) is 23.0 Å². The zero-order chi connectivity index (χ0) is 20.2. The Kier molecular flexibility index (Phi) is 5.76. The Bertz CT molecular complexity index is 899. The Balaban J connectivity index is 1.40. The topological polar surface area (TPSA) is 70.5 Å². The quantitative estimate of drug-likeness (QED) is 0.743. The van der Waals surface area contributed by atoms with E-state index >= 15 is 0 Å². The van der Waals surface area contributed by atoms with Gasteiger partial charge < -0.3 is 29.2 Å². The van der Waals surface area contributed by atoms with Crippen molar-refractivity contribution in [3.63, 3.8) is 0 Å². The second kappa shape index (κ2) is 8.61. The van der Waals surface area contributed by atoms with E-state index in [0.29, 0.717) is 31.3 Å². The predicted octanol–water partition coefficient (Wildman–Crippen LogP) is 1.79. The number of fused-ring (bicyclic) bond motifs is 2. The van der Waals surface area contributed by atoms with Gasteiger partial charge in [-0.25, -0.2) is 0 Å². The van der Waals surface area contributed by atoms with E-state index in [1.54, 1.807) is 6.07 Å². The van der Waals surface area contributed by atoms with Gasteiger partial charge >= 0.3 is 0 Å². The van der Waals surface area contributed by atoms with Crippen molar-refractivity contribution in [2.75, 3.05) is 38.4 Å². The van der Waals surface area contributed by atoms with Crippen LogP contribution in [-0.4, -0.2) is 39.0 Å². The summed E-state index contributed by atoms with van der Waals surface area (Å²) in [5, 5.41) is 2.96. The standard InChI is InChI=1S/C22H26N2O5/c1-3-26-19-9-15-7-8-24(12-16(15)10-20(19)27-4-2)13-22(25)23-17-5-6-18-21(11-17)29-14-28-18/h5-6,9-11H,3-4,7-8,12-14H2,1-2H3,(H,23,25)/p+1. The molecule has 1 atom stereocenters. The van der Waals surface area contributed by atoms with Crippen molar-refractivity contribution in [1.82, 2.24) is 0 Å². The fourth-order valence-corrected chi connectivity index (χ4v) is 3.80. The number of amides is 1. The predicted molar refractivity (Wildman–Crippen MR) is 108 cm³/mol. The summed E-state index contributed by atoms with van der Waals surface area (Å²) in [7, 11) is 0. The monoisotopic (exact) mass is 399 g/mol. The highest BCUT2D eigenvalue weighted by atomic mass is 16.7. The average Bonchev–Trinajstić information content (AvgIpc) is 3.17.